The number of carbonyl (C=O) groups is 1. The number of carbonyl (C=O) groups excluding carboxylic acids is 1. The molecule has 0 bridgehead atoms. The Morgan fingerprint density at radius 1 is 1.37 bits per heavy atom. The van der Waals surface area contributed by atoms with Gasteiger partial charge in [-0.1, -0.05) is 24.4 Å². The van der Waals surface area contributed by atoms with Crippen molar-refractivity contribution in [1.82, 2.24) is 4.90 Å². The van der Waals surface area contributed by atoms with Crippen LogP contribution in [0.25, 0.3) is 0 Å². The molecular weight excluding hydrogens is 258 g/mol. The number of nitrogens with zero attached hydrogens (tertiary/aromatic N) is 2. The Morgan fingerprint density at radius 2 is 2.00 bits per heavy atom. The topological polar surface area (TPSA) is 49.6 Å². The van der Waals surface area contributed by atoms with E-state index in [9.17, 15) is 4.79 Å². The SMILES string of the molecule is CN(CC(=O)N(C)C1CC1)c1ccccc1C(N)=S. The molecule has 0 spiro atoms. The third kappa shape index (κ3) is 3.23. The van der Waals surface area contributed by atoms with E-state index in [-0.39, 0.29) is 5.91 Å². The molecule has 0 unspecified atom stereocenters. The van der Waals surface area contributed by atoms with Gasteiger partial charge in [0.25, 0.3) is 0 Å². The molecule has 0 radical (unpaired) electrons. The Kier molecular flexibility index (Phi) is 4.04. The zero-order chi connectivity index (χ0) is 14.0. The number of hydrogen-bond acceptors (Lipinski definition) is 3. The van der Waals surface area contributed by atoms with Crippen LogP contribution in [0.1, 0.15) is 18.4 Å². The van der Waals surface area contributed by atoms with Crippen molar-refractivity contribution in [2.75, 3.05) is 25.5 Å². The number of anilines is 1. The summed E-state index contributed by atoms with van der Waals surface area (Å²) in [5.74, 6) is 0.128. The molecule has 1 amide bonds. The maximum atomic E-state index is 12.1. The highest BCUT2D eigenvalue weighted by Gasteiger charge is 2.29. The Morgan fingerprint density at radius 3 is 2.58 bits per heavy atom. The minimum absolute atomic E-state index is 0.128. The minimum Gasteiger partial charge on any atom is -0.389 e. The minimum atomic E-state index is 0.128. The number of thiocarbonyl (C=S) groups is 1. The van der Waals surface area contributed by atoms with Gasteiger partial charge >= 0.3 is 0 Å². The van der Waals surface area contributed by atoms with Crippen LogP contribution in [0.5, 0.6) is 0 Å². The van der Waals surface area contributed by atoms with E-state index < -0.39 is 0 Å². The molecule has 0 atom stereocenters. The van der Waals surface area contributed by atoms with Gasteiger partial charge in [0, 0.05) is 31.4 Å². The number of benzene rings is 1. The summed E-state index contributed by atoms with van der Waals surface area (Å²) in [7, 11) is 3.75. The van der Waals surface area contributed by atoms with E-state index in [4.69, 9.17) is 18.0 Å². The molecule has 0 aliphatic heterocycles. The number of rotatable bonds is 5. The monoisotopic (exact) mass is 277 g/mol. The molecule has 1 aromatic rings. The van der Waals surface area contributed by atoms with Gasteiger partial charge in [-0.3, -0.25) is 4.79 Å². The van der Waals surface area contributed by atoms with E-state index in [2.05, 4.69) is 0 Å². The van der Waals surface area contributed by atoms with Gasteiger partial charge in [-0.25, -0.2) is 0 Å². The van der Waals surface area contributed by atoms with Gasteiger partial charge in [-0.05, 0) is 25.0 Å². The van der Waals surface area contributed by atoms with Crippen molar-refractivity contribution >= 4 is 28.8 Å². The van der Waals surface area contributed by atoms with Crippen LogP contribution in [-0.4, -0.2) is 42.5 Å². The van der Waals surface area contributed by atoms with E-state index in [1.807, 2.05) is 48.2 Å². The molecule has 1 aliphatic rings. The third-order valence-corrected chi connectivity index (χ3v) is 3.66. The van der Waals surface area contributed by atoms with Gasteiger partial charge in [-0.15, -0.1) is 0 Å². The summed E-state index contributed by atoms with van der Waals surface area (Å²) >= 11 is 5.04. The van der Waals surface area contributed by atoms with Crippen LogP contribution in [0.3, 0.4) is 0 Å². The van der Waals surface area contributed by atoms with Gasteiger partial charge in [0.2, 0.25) is 5.91 Å². The lowest BCUT2D eigenvalue weighted by molar-refractivity contribution is -0.128. The zero-order valence-electron chi connectivity index (χ0n) is 11.3. The molecule has 1 saturated carbocycles. The third-order valence-electron chi connectivity index (χ3n) is 3.44. The van der Waals surface area contributed by atoms with Gasteiger partial charge in [0.1, 0.15) is 4.99 Å². The lowest BCUT2D eigenvalue weighted by atomic mass is 10.1. The van der Waals surface area contributed by atoms with E-state index in [0.29, 0.717) is 17.6 Å². The van der Waals surface area contributed by atoms with Crippen LogP contribution >= 0.6 is 12.2 Å². The van der Waals surface area contributed by atoms with E-state index >= 15 is 0 Å². The van der Waals surface area contributed by atoms with Crippen molar-refractivity contribution in [1.29, 1.82) is 0 Å². The van der Waals surface area contributed by atoms with Gasteiger partial charge in [0.05, 0.1) is 6.54 Å². The molecule has 1 aromatic carbocycles. The van der Waals surface area contributed by atoms with Crippen LogP contribution in [-0.2, 0) is 4.79 Å². The molecule has 0 heterocycles. The van der Waals surface area contributed by atoms with Crippen LogP contribution < -0.4 is 10.6 Å². The van der Waals surface area contributed by atoms with Crippen LogP contribution in [0, 0.1) is 0 Å². The second-order valence-electron chi connectivity index (χ2n) is 4.97. The number of amides is 1. The summed E-state index contributed by atoms with van der Waals surface area (Å²) in [4.78, 5) is 16.2. The summed E-state index contributed by atoms with van der Waals surface area (Å²) in [5.41, 5.74) is 7.41. The van der Waals surface area contributed by atoms with Gasteiger partial charge in [-0.2, -0.15) is 0 Å². The van der Waals surface area contributed by atoms with Crippen molar-refractivity contribution in [2.24, 2.45) is 5.73 Å². The molecule has 19 heavy (non-hydrogen) atoms. The molecular formula is C14H19N3OS. The molecule has 1 fully saturated rings. The van der Waals surface area contributed by atoms with Crippen molar-refractivity contribution < 1.29 is 4.79 Å². The molecule has 4 nitrogen and oxygen atoms in total. The standard InChI is InChI=1S/C14H19N3OS/c1-16(9-13(18)17(2)10-7-8-10)12-6-4-3-5-11(12)14(15)19/h3-6,10H,7-9H2,1-2H3,(H2,15,19). The number of para-hydroxylation sites is 1. The fourth-order valence-corrected chi connectivity index (χ4v) is 2.25. The summed E-state index contributed by atoms with van der Waals surface area (Å²) in [6, 6.07) is 8.06. The van der Waals surface area contributed by atoms with Crippen molar-refractivity contribution in [3.05, 3.63) is 29.8 Å². The molecule has 0 saturated heterocycles. The average molecular weight is 277 g/mol. The van der Waals surface area contributed by atoms with Gasteiger partial charge in [0.15, 0.2) is 0 Å². The smallest absolute Gasteiger partial charge is 0.242 e. The predicted octanol–water partition coefficient (Wildman–Crippen LogP) is 1.38. The molecule has 2 rings (SSSR count). The number of likely N-dealkylation sites (N-methyl/N-ethyl adjacent to an activating group) is 2. The number of nitrogens with two attached hydrogens (primary N) is 1. The van der Waals surface area contributed by atoms with Gasteiger partial charge < -0.3 is 15.5 Å². The second kappa shape index (κ2) is 5.57. The summed E-state index contributed by atoms with van der Waals surface area (Å²) in [5, 5.41) is 0. The summed E-state index contributed by atoms with van der Waals surface area (Å²) in [6.07, 6.45) is 2.24. The molecule has 2 N–H and O–H groups in total. The molecule has 5 heteroatoms. The van der Waals surface area contributed by atoms with E-state index in [1.165, 1.54) is 0 Å². The van der Waals surface area contributed by atoms with Crippen molar-refractivity contribution in [3.63, 3.8) is 0 Å². The fourth-order valence-electron chi connectivity index (χ4n) is 2.08. The zero-order valence-corrected chi connectivity index (χ0v) is 12.1. The quantitative estimate of drug-likeness (QED) is 0.826. The fraction of sp³-hybridized carbons (Fsp3) is 0.429. The maximum absolute atomic E-state index is 12.1. The van der Waals surface area contributed by atoms with Crippen LogP contribution in [0.2, 0.25) is 0 Å². The molecule has 0 aromatic heterocycles. The first-order valence-corrected chi connectivity index (χ1v) is 6.77. The second-order valence-corrected chi connectivity index (χ2v) is 5.41. The summed E-state index contributed by atoms with van der Waals surface area (Å²) in [6.45, 7) is 0.340. The maximum Gasteiger partial charge on any atom is 0.242 e. The lowest BCUT2D eigenvalue weighted by Gasteiger charge is -2.24. The Hall–Kier alpha value is -1.62. The van der Waals surface area contributed by atoms with Crippen molar-refractivity contribution in [2.45, 2.75) is 18.9 Å². The predicted molar refractivity (Wildman–Crippen MR) is 81.4 cm³/mol. The number of hydrogen-bond donors (Lipinski definition) is 1. The van der Waals surface area contributed by atoms with Crippen LogP contribution in [0.4, 0.5) is 5.69 Å². The highest BCUT2D eigenvalue weighted by atomic mass is 32.1. The largest absolute Gasteiger partial charge is 0.389 e. The van der Waals surface area contributed by atoms with Crippen molar-refractivity contribution in [3.8, 4) is 0 Å². The van der Waals surface area contributed by atoms with E-state index in [1.54, 1.807) is 0 Å². The first-order valence-electron chi connectivity index (χ1n) is 6.36. The normalized spacial score (nSPS) is 14.0. The summed E-state index contributed by atoms with van der Waals surface area (Å²) < 4.78 is 0. The Labute approximate surface area is 119 Å². The lowest BCUT2D eigenvalue weighted by Crippen LogP contribution is -2.38. The molecule has 1 aliphatic carbocycles. The highest BCUT2D eigenvalue weighted by Crippen LogP contribution is 2.26. The first-order chi connectivity index (χ1) is 9.00. The van der Waals surface area contributed by atoms with Crippen LogP contribution in [0.15, 0.2) is 24.3 Å². The molecule has 102 valence electrons. The average Bonchev–Trinajstić information content (AvgIpc) is 3.21. The Balaban J connectivity index is 2.09. The first kappa shape index (κ1) is 13.8. The Bertz CT molecular complexity index is 499. The highest BCUT2D eigenvalue weighted by molar-refractivity contribution is 7.80. The van der Waals surface area contributed by atoms with E-state index in [0.717, 1.165) is 24.1 Å².